The average Bonchev–Trinajstić information content (AvgIpc) is 3.32. The van der Waals surface area contributed by atoms with Gasteiger partial charge in [0.05, 0.1) is 21.1 Å². The van der Waals surface area contributed by atoms with Gasteiger partial charge in [-0.2, -0.15) is 13.2 Å². The van der Waals surface area contributed by atoms with Crippen LogP contribution in [-0.4, -0.2) is 19.7 Å². The molecule has 11 heteroatoms. The number of nitro benzene ring substituents is 1. The molecule has 0 bridgehead atoms. The van der Waals surface area contributed by atoms with Gasteiger partial charge in [-0.25, -0.2) is 0 Å². The number of nitrogens with zero attached hydrogens (tertiary/aromatic N) is 3. The first-order valence-electron chi connectivity index (χ1n) is 9.02. The third-order valence-electron chi connectivity index (χ3n) is 4.62. The summed E-state index contributed by atoms with van der Waals surface area (Å²) in [5, 5.41) is 10.9. The van der Waals surface area contributed by atoms with Crippen molar-refractivity contribution in [2.75, 3.05) is 4.90 Å². The van der Waals surface area contributed by atoms with Crippen molar-refractivity contribution in [2.45, 2.75) is 6.18 Å². The Labute approximate surface area is 189 Å². The van der Waals surface area contributed by atoms with Crippen molar-refractivity contribution in [1.29, 1.82) is 0 Å². The quantitative estimate of drug-likeness (QED) is 0.206. The molecule has 0 saturated carbocycles. The number of anilines is 1. The number of hydrogen-bond donors (Lipinski definition) is 0. The fourth-order valence-corrected chi connectivity index (χ4v) is 4.41. The third kappa shape index (κ3) is 4.16. The first-order chi connectivity index (χ1) is 15.1. The van der Waals surface area contributed by atoms with Gasteiger partial charge in [0.25, 0.3) is 11.6 Å². The topological polar surface area (TPSA) is 68.4 Å². The van der Waals surface area contributed by atoms with E-state index < -0.39 is 22.6 Å². The minimum absolute atomic E-state index is 0.0384. The number of halogens is 3. The SMILES string of the molecule is O=C1C(=Cc2cccn2-c2ccc([N+](=O)[O-])cc2)SC(=S)N1c1cccc(C(F)(F)F)c1. The number of hydrogen-bond acceptors (Lipinski definition) is 5. The molecular formula is C21H12F3N3O3S2. The minimum atomic E-state index is -4.54. The Morgan fingerprint density at radius 1 is 1.03 bits per heavy atom. The molecule has 162 valence electrons. The number of thioether (sulfide) groups is 1. The normalized spacial score (nSPS) is 15.6. The second kappa shape index (κ2) is 8.24. The molecule has 1 amide bonds. The number of carbonyl (C=O) groups is 1. The van der Waals surface area contributed by atoms with E-state index >= 15 is 0 Å². The molecule has 2 aromatic carbocycles. The van der Waals surface area contributed by atoms with E-state index in [0.29, 0.717) is 11.4 Å². The number of amides is 1. The number of carbonyl (C=O) groups excluding carboxylic acids is 1. The van der Waals surface area contributed by atoms with E-state index in [9.17, 15) is 28.1 Å². The van der Waals surface area contributed by atoms with Gasteiger partial charge in [-0.1, -0.05) is 30.0 Å². The lowest BCUT2D eigenvalue weighted by Gasteiger charge is -2.16. The zero-order chi connectivity index (χ0) is 23.0. The maximum atomic E-state index is 13.1. The smallest absolute Gasteiger partial charge is 0.317 e. The molecule has 6 nitrogen and oxygen atoms in total. The van der Waals surface area contributed by atoms with Crippen LogP contribution in [0.15, 0.2) is 71.8 Å². The fraction of sp³-hybridized carbons (Fsp3) is 0.0476. The van der Waals surface area contributed by atoms with Gasteiger partial charge >= 0.3 is 6.18 Å². The molecule has 1 aromatic heterocycles. The number of thiocarbonyl (C=S) groups is 1. The van der Waals surface area contributed by atoms with Crippen LogP contribution in [0.4, 0.5) is 24.5 Å². The summed E-state index contributed by atoms with van der Waals surface area (Å²) in [6.45, 7) is 0. The zero-order valence-corrected chi connectivity index (χ0v) is 17.6. The number of rotatable bonds is 4. The molecule has 2 heterocycles. The molecule has 0 aliphatic carbocycles. The number of non-ortho nitro benzene ring substituents is 1. The molecule has 1 aliphatic heterocycles. The highest BCUT2D eigenvalue weighted by atomic mass is 32.2. The van der Waals surface area contributed by atoms with Gasteiger partial charge < -0.3 is 4.57 Å². The number of nitro groups is 1. The maximum absolute atomic E-state index is 13.1. The number of aromatic nitrogens is 1. The second-order valence-electron chi connectivity index (χ2n) is 6.64. The Hall–Kier alpha value is -3.44. The largest absolute Gasteiger partial charge is 0.416 e. The van der Waals surface area contributed by atoms with Crippen molar-refractivity contribution >= 4 is 51.7 Å². The Balaban J connectivity index is 1.65. The van der Waals surface area contributed by atoms with Crippen LogP contribution in [-0.2, 0) is 11.0 Å². The second-order valence-corrected chi connectivity index (χ2v) is 8.32. The van der Waals surface area contributed by atoms with E-state index in [1.54, 1.807) is 41.1 Å². The molecule has 32 heavy (non-hydrogen) atoms. The molecule has 0 atom stereocenters. The summed E-state index contributed by atoms with van der Waals surface area (Å²) in [5.41, 5.74) is 0.351. The van der Waals surface area contributed by atoms with Crippen LogP contribution in [0.2, 0.25) is 0 Å². The van der Waals surface area contributed by atoms with Crippen molar-refractivity contribution < 1.29 is 22.9 Å². The summed E-state index contributed by atoms with van der Waals surface area (Å²) in [6, 6.07) is 13.8. The van der Waals surface area contributed by atoms with Gasteiger partial charge in [0, 0.05) is 29.7 Å². The highest BCUT2D eigenvalue weighted by Gasteiger charge is 2.36. The van der Waals surface area contributed by atoms with Gasteiger partial charge in [0.2, 0.25) is 0 Å². The summed E-state index contributed by atoms with van der Waals surface area (Å²) < 4.78 is 41.0. The van der Waals surface area contributed by atoms with Crippen molar-refractivity contribution in [3.8, 4) is 5.69 Å². The van der Waals surface area contributed by atoms with Crippen LogP contribution < -0.4 is 4.90 Å². The Morgan fingerprint density at radius 3 is 2.41 bits per heavy atom. The molecule has 0 spiro atoms. The fourth-order valence-electron chi connectivity index (χ4n) is 3.13. The molecular weight excluding hydrogens is 463 g/mol. The van der Waals surface area contributed by atoms with Gasteiger partial charge in [-0.05, 0) is 48.5 Å². The maximum Gasteiger partial charge on any atom is 0.416 e. The van der Waals surface area contributed by atoms with Crippen LogP contribution in [0.25, 0.3) is 11.8 Å². The summed E-state index contributed by atoms with van der Waals surface area (Å²) in [5.74, 6) is -0.532. The van der Waals surface area contributed by atoms with Crippen molar-refractivity contribution in [3.63, 3.8) is 0 Å². The molecule has 3 aromatic rings. The van der Waals surface area contributed by atoms with E-state index in [0.717, 1.165) is 28.8 Å². The lowest BCUT2D eigenvalue weighted by Crippen LogP contribution is -2.27. The predicted molar refractivity (Wildman–Crippen MR) is 120 cm³/mol. The average molecular weight is 475 g/mol. The van der Waals surface area contributed by atoms with E-state index in [2.05, 4.69) is 0 Å². The molecule has 0 unspecified atom stereocenters. The van der Waals surface area contributed by atoms with Crippen LogP contribution >= 0.6 is 24.0 Å². The van der Waals surface area contributed by atoms with Crippen LogP contribution in [0.1, 0.15) is 11.3 Å². The monoisotopic (exact) mass is 475 g/mol. The highest BCUT2D eigenvalue weighted by Crippen LogP contribution is 2.38. The molecule has 0 radical (unpaired) electrons. The molecule has 0 N–H and O–H groups in total. The third-order valence-corrected chi connectivity index (χ3v) is 5.93. The molecule has 1 aliphatic rings. The van der Waals surface area contributed by atoms with Gasteiger partial charge in [-0.3, -0.25) is 19.8 Å². The minimum Gasteiger partial charge on any atom is -0.317 e. The highest BCUT2D eigenvalue weighted by molar-refractivity contribution is 8.27. The summed E-state index contributed by atoms with van der Waals surface area (Å²) in [7, 11) is 0. The summed E-state index contributed by atoms with van der Waals surface area (Å²) in [4.78, 5) is 24.6. The molecule has 1 fully saturated rings. The Kier molecular flexibility index (Phi) is 5.61. The van der Waals surface area contributed by atoms with Crippen molar-refractivity contribution in [3.05, 3.63) is 93.1 Å². The first kappa shape index (κ1) is 21.8. The van der Waals surface area contributed by atoms with E-state index in [-0.39, 0.29) is 20.6 Å². The van der Waals surface area contributed by atoms with Crippen LogP contribution in [0, 0.1) is 10.1 Å². The lowest BCUT2D eigenvalue weighted by atomic mass is 10.2. The summed E-state index contributed by atoms with van der Waals surface area (Å²) in [6.07, 6.45) is -1.24. The van der Waals surface area contributed by atoms with E-state index in [1.807, 2.05) is 0 Å². The summed E-state index contributed by atoms with van der Waals surface area (Å²) >= 11 is 6.23. The first-order valence-corrected chi connectivity index (χ1v) is 10.2. The standard InChI is InChI=1S/C21H12F3N3O3S2/c22-21(23,24)13-3-1-4-17(11-13)26-19(28)18(32-20(26)31)12-16-5-2-10-25(16)14-6-8-15(9-7-14)27(29)30/h1-12H. The molecule has 4 rings (SSSR count). The molecule has 1 saturated heterocycles. The number of benzene rings is 2. The number of alkyl halides is 3. The van der Waals surface area contributed by atoms with Crippen molar-refractivity contribution in [2.24, 2.45) is 0 Å². The van der Waals surface area contributed by atoms with Crippen molar-refractivity contribution in [1.82, 2.24) is 4.57 Å². The van der Waals surface area contributed by atoms with Crippen LogP contribution in [0.3, 0.4) is 0 Å². The van der Waals surface area contributed by atoms with Gasteiger partial charge in [0.15, 0.2) is 4.32 Å². The Bertz CT molecular complexity index is 1270. The predicted octanol–water partition coefficient (Wildman–Crippen LogP) is 5.81. The lowest BCUT2D eigenvalue weighted by molar-refractivity contribution is -0.384. The van der Waals surface area contributed by atoms with E-state index in [1.165, 1.54) is 24.3 Å². The zero-order valence-electron chi connectivity index (χ0n) is 15.9. The van der Waals surface area contributed by atoms with Gasteiger partial charge in [0.1, 0.15) is 0 Å². The van der Waals surface area contributed by atoms with Crippen LogP contribution in [0.5, 0.6) is 0 Å². The van der Waals surface area contributed by atoms with Gasteiger partial charge in [-0.15, -0.1) is 0 Å². The van der Waals surface area contributed by atoms with E-state index in [4.69, 9.17) is 12.2 Å². The Morgan fingerprint density at radius 2 is 1.75 bits per heavy atom.